The van der Waals surface area contributed by atoms with Crippen LogP contribution in [0.1, 0.15) is 41.5 Å². The van der Waals surface area contributed by atoms with Crippen molar-refractivity contribution in [1.29, 1.82) is 0 Å². The summed E-state index contributed by atoms with van der Waals surface area (Å²) in [5.41, 5.74) is 4.24. The Morgan fingerprint density at radius 2 is 1.80 bits per heavy atom. The smallest absolute Gasteiger partial charge is 0.162 e. The molecule has 2 heteroatoms. The number of rotatable bonds is 4. The standard InChI is InChI=1S/C18H20F2/c1-12-7-8-13(2)15(11-12)10-9-14(3)16-5-4-6-17(19)18(16)20/h4-8,11,14H,9-10H2,1-3H3. The molecule has 0 aliphatic carbocycles. The lowest BCUT2D eigenvalue weighted by Crippen LogP contribution is -2.02. The molecule has 0 nitrogen and oxygen atoms in total. The van der Waals surface area contributed by atoms with Gasteiger partial charge in [-0.3, -0.25) is 0 Å². The van der Waals surface area contributed by atoms with Gasteiger partial charge in [-0.1, -0.05) is 42.8 Å². The third-order valence-electron chi connectivity index (χ3n) is 3.86. The molecule has 1 atom stereocenters. The van der Waals surface area contributed by atoms with Crippen LogP contribution in [-0.2, 0) is 6.42 Å². The molecule has 0 spiro atoms. The van der Waals surface area contributed by atoms with E-state index in [1.807, 2.05) is 6.92 Å². The Hall–Kier alpha value is -1.70. The summed E-state index contributed by atoms with van der Waals surface area (Å²) >= 11 is 0. The van der Waals surface area contributed by atoms with Crippen molar-refractivity contribution in [1.82, 2.24) is 0 Å². The van der Waals surface area contributed by atoms with Crippen LogP contribution in [0.25, 0.3) is 0 Å². The van der Waals surface area contributed by atoms with Gasteiger partial charge in [0.2, 0.25) is 0 Å². The highest BCUT2D eigenvalue weighted by Gasteiger charge is 2.14. The number of hydrogen-bond donors (Lipinski definition) is 0. The minimum absolute atomic E-state index is 0.00520. The van der Waals surface area contributed by atoms with E-state index in [4.69, 9.17) is 0 Å². The Morgan fingerprint density at radius 1 is 1.05 bits per heavy atom. The predicted molar refractivity (Wildman–Crippen MR) is 79.0 cm³/mol. The first-order valence-electron chi connectivity index (χ1n) is 6.99. The maximum atomic E-state index is 13.7. The van der Waals surface area contributed by atoms with Crippen molar-refractivity contribution in [3.8, 4) is 0 Å². The lowest BCUT2D eigenvalue weighted by molar-refractivity contribution is 0.486. The van der Waals surface area contributed by atoms with E-state index in [2.05, 4.69) is 32.0 Å². The van der Waals surface area contributed by atoms with E-state index in [0.29, 0.717) is 5.56 Å². The first-order valence-corrected chi connectivity index (χ1v) is 6.99. The van der Waals surface area contributed by atoms with E-state index in [1.54, 1.807) is 12.1 Å². The number of benzene rings is 2. The molecule has 2 rings (SSSR count). The van der Waals surface area contributed by atoms with E-state index < -0.39 is 11.6 Å². The summed E-state index contributed by atoms with van der Waals surface area (Å²) in [7, 11) is 0. The van der Waals surface area contributed by atoms with Crippen LogP contribution in [0.5, 0.6) is 0 Å². The molecule has 20 heavy (non-hydrogen) atoms. The molecule has 106 valence electrons. The minimum atomic E-state index is -0.763. The molecule has 2 aromatic rings. The van der Waals surface area contributed by atoms with Crippen LogP contribution >= 0.6 is 0 Å². The fraction of sp³-hybridized carbons (Fsp3) is 0.333. The summed E-state index contributed by atoms with van der Waals surface area (Å²) in [4.78, 5) is 0. The predicted octanol–water partition coefficient (Wildman–Crippen LogP) is 5.32. The molecular formula is C18H20F2. The third-order valence-corrected chi connectivity index (χ3v) is 3.86. The highest BCUT2D eigenvalue weighted by Crippen LogP contribution is 2.26. The summed E-state index contributed by atoms with van der Waals surface area (Å²) in [6.07, 6.45) is 1.69. The molecule has 0 saturated heterocycles. The molecule has 0 aliphatic rings. The van der Waals surface area contributed by atoms with Gasteiger partial charge in [-0.15, -0.1) is 0 Å². The highest BCUT2D eigenvalue weighted by molar-refractivity contribution is 5.31. The summed E-state index contributed by atoms with van der Waals surface area (Å²) in [5, 5.41) is 0. The van der Waals surface area contributed by atoms with Gasteiger partial charge in [-0.25, -0.2) is 8.78 Å². The van der Waals surface area contributed by atoms with Crippen molar-refractivity contribution >= 4 is 0 Å². The fourth-order valence-corrected chi connectivity index (χ4v) is 2.50. The Labute approximate surface area is 119 Å². The van der Waals surface area contributed by atoms with Crippen LogP contribution < -0.4 is 0 Å². The largest absolute Gasteiger partial charge is 0.204 e. The van der Waals surface area contributed by atoms with Gasteiger partial charge in [-0.2, -0.15) is 0 Å². The molecule has 0 fully saturated rings. The van der Waals surface area contributed by atoms with Gasteiger partial charge in [0, 0.05) is 0 Å². The molecule has 0 amide bonds. The summed E-state index contributed by atoms with van der Waals surface area (Å²) in [6, 6.07) is 10.8. The molecule has 0 aliphatic heterocycles. The lowest BCUT2D eigenvalue weighted by atomic mass is 9.92. The zero-order chi connectivity index (χ0) is 14.7. The van der Waals surface area contributed by atoms with Crippen LogP contribution in [0.4, 0.5) is 8.78 Å². The lowest BCUT2D eigenvalue weighted by Gasteiger charge is -2.14. The molecular weight excluding hydrogens is 254 g/mol. The van der Waals surface area contributed by atoms with Crippen molar-refractivity contribution < 1.29 is 8.78 Å². The molecule has 0 radical (unpaired) electrons. The number of aryl methyl sites for hydroxylation is 3. The second-order valence-electron chi connectivity index (χ2n) is 5.51. The van der Waals surface area contributed by atoms with Crippen molar-refractivity contribution in [3.05, 3.63) is 70.3 Å². The summed E-state index contributed by atoms with van der Waals surface area (Å²) in [5.74, 6) is -1.47. The molecule has 0 saturated carbocycles. The van der Waals surface area contributed by atoms with Gasteiger partial charge >= 0.3 is 0 Å². The molecule has 0 N–H and O–H groups in total. The normalized spacial score (nSPS) is 12.4. The summed E-state index contributed by atoms with van der Waals surface area (Å²) < 4.78 is 27.0. The fourth-order valence-electron chi connectivity index (χ4n) is 2.50. The van der Waals surface area contributed by atoms with Crippen molar-refractivity contribution in [2.45, 2.75) is 39.5 Å². The monoisotopic (exact) mass is 274 g/mol. The molecule has 0 aromatic heterocycles. The van der Waals surface area contributed by atoms with Crippen LogP contribution in [0.15, 0.2) is 36.4 Å². The molecule has 0 bridgehead atoms. The first kappa shape index (κ1) is 14.7. The Kier molecular flexibility index (Phi) is 4.53. The van der Waals surface area contributed by atoms with Gasteiger partial charge in [0.1, 0.15) is 0 Å². The Bertz CT molecular complexity index is 602. The first-order chi connectivity index (χ1) is 9.49. The Balaban J connectivity index is 2.10. The molecule has 0 heterocycles. The Morgan fingerprint density at radius 3 is 2.55 bits per heavy atom. The summed E-state index contributed by atoms with van der Waals surface area (Å²) in [6.45, 7) is 6.10. The number of hydrogen-bond acceptors (Lipinski definition) is 0. The number of halogens is 2. The van der Waals surface area contributed by atoms with Gasteiger partial charge in [-0.05, 0) is 55.4 Å². The van der Waals surface area contributed by atoms with E-state index in [0.717, 1.165) is 18.9 Å². The molecule has 2 aromatic carbocycles. The SMILES string of the molecule is Cc1ccc(C)c(CCC(C)c2cccc(F)c2F)c1. The van der Waals surface area contributed by atoms with Crippen molar-refractivity contribution in [3.63, 3.8) is 0 Å². The van der Waals surface area contributed by atoms with Crippen molar-refractivity contribution in [2.75, 3.05) is 0 Å². The van der Waals surface area contributed by atoms with Crippen molar-refractivity contribution in [2.24, 2.45) is 0 Å². The van der Waals surface area contributed by atoms with Crippen LogP contribution in [-0.4, -0.2) is 0 Å². The van der Waals surface area contributed by atoms with E-state index in [1.165, 1.54) is 16.7 Å². The zero-order valence-corrected chi connectivity index (χ0v) is 12.2. The maximum Gasteiger partial charge on any atom is 0.162 e. The highest BCUT2D eigenvalue weighted by atomic mass is 19.2. The van der Waals surface area contributed by atoms with Crippen LogP contribution in [0.2, 0.25) is 0 Å². The zero-order valence-electron chi connectivity index (χ0n) is 12.2. The van der Waals surface area contributed by atoms with Gasteiger partial charge < -0.3 is 0 Å². The van der Waals surface area contributed by atoms with Gasteiger partial charge in [0.05, 0.1) is 0 Å². The van der Waals surface area contributed by atoms with E-state index >= 15 is 0 Å². The average molecular weight is 274 g/mol. The second kappa shape index (κ2) is 6.17. The minimum Gasteiger partial charge on any atom is -0.204 e. The van der Waals surface area contributed by atoms with Crippen LogP contribution in [0, 0.1) is 25.5 Å². The van der Waals surface area contributed by atoms with Gasteiger partial charge in [0.25, 0.3) is 0 Å². The topological polar surface area (TPSA) is 0 Å². The van der Waals surface area contributed by atoms with Gasteiger partial charge in [0.15, 0.2) is 11.6 Å². The maximum absolute atomic E-state index is 13.7. The van der Waals surface area contributed by atoms with E-state index in [-0.39, 0.29) is 5.92 Å². The third kappa shape index (κ3) is 3.24. The average Bonchev–Trinajstić information content (AvgIpc) is 2.42. The van der Waals surface area contributed by atoms with Crippen LogP contribution in [0.3, 0.4) is 0 Å². The second-order valence-corrected chi connectivity index (χ2v) is 5.51. The molecule has 1 unspecified atom stereocenters. The van der Waals surface area contributed by atoms with E-state index in [9.17, 15) is 8.78 Å². The quantitative estimate of drug-likeness (QED) is 0.708.